The number of piperidine rings is 1. The van der Waals surface area contributed by atoms with Gasteiger partial charge in [-0.25, -0.2) is 0 Å². The lowest BCUT2D eigenvalue weighted by Crippen LogP contribution is -2.44. The number of hydrogen-bond donors (Lipinski definition) is 1. The summed E-state index contributed by atoms with van der Waals surface area (Å²) in [4.78, 5) is 29.3. The molecule has 1 aliphatic rings. The van der Waals surface area contributed by atoms with E-state index in [1.807, 2.05) is 12.1 Å². The molecule has 0 spiro atoms. The van der Waals surface area contributed by atoms with Crippen LogP contribution in [0.2, 0.25) is 5.02 Å². The highest BCUT2D eigenvalue weighted by Gasteiger charge is 2.28. The van der Waals surface area contributed by atoms with Gasteiger partial charge < -0.3 is 14.7 Å². The maximum Gasteiger partial charge on any atom is 0.241 e. The van der Waals surface area contributed by atoms with Gasteiger partial charge >= 0.3 is 0 Å². The van der Waals surface area contributed by atoms with Crippen LogP contribution >= 0.6 is 11.6 Å². The van der Waals surface area contributed by atoms with Gasteiger partial charge in [-0.05, 0) is 25.0 Å². The molecule has 1 saturated heterocycles. The summed E-state index contributed by atoms with van der Waals surface area (Å²) in [6, 6.07) is 7.26. The molecule has 7 nitrogen and oxygen atoms in total. The molecule has 25 heavy (non-hydrogen) atoms. The molecule has 1 fully saturated rings. The SMILES string of the molecule is CC(=O)NCC(=O)N1CCCC(c2nc(-c3cccc(Cl)c3)no2)C1. The summed E-state index contributed by atoms with van der Waals surface area (Å²) in [6.45, 7) is 2.58. The molecule has 2 heterocycles. The van der Waals surface area contributed by atoms with Crippen LogP contribution in [-0.2, 0) is 9.59 Å². The number of halogens is 1. The Balaban J connectivity index is 1.68. The average molecular weight is 363 g/mol. The number of benzene rings is 1. The molecule has 1 aromatic carbocycles. The molecule has 1 atom stereocenters. The van der Waals surface area contributed by atoms with Crippen LogP contribution in [0.25, 0.3) is 11.4 Å². The van der Waals surface area contributed by atoms with Gasteiger partial charge in [-0.1, -0.05) is 28.9 Å². The van der Waals surface area contributed by atoms with Crippen molar-refractivity contribution in [1.82, 2.24) is 20.4 Å². The number of nitrogens with one attached hydrogen (secondary N) is 1. The maximum absolute atomic E-state index is 12.2. The van der Waals surface area contributed by atoms with E-state index in [0.29, 0.717) is 29.8 Å². The van der Waals surface area contributed by atoms with E-state index in [9.17, 15) is 9.59 Å². The van der Waals surface area contributed by atoms with Gasteiger partial charge in [0.2, 0.25) is 23.5 Å². The van der Waals surface area contributed by atoms with Crippen molar-refractivity contribution in [2.24, 2.45) is 0 Å². The van der Waals surface area contributed by atoms with Gasteiger partial charge in [0.05, 0.1) is 12.5 Å². The predicted octanol–water partition coefficient (Wildman–Crippen LogP) is 2.23. The van der Waals surface area contributed by atoms with E-state index >= 15 is 0 Å². The highest BCUT2D eigenvalue weighted by molar-refractivity contribution is 6.30. The normalized spacial score (nSPS) is 17.4. The number of carbonyl (C=O) groups is 2. The molecule has 2 amide bonds. The largest absolute Gasteiger partial charge is 0.347 e. The molecule has 3 rings (SSSR count). The maximum atomic E-state index is 12.2. The highest BCUT2D eigenvalue weighted by Crippen LogP contribution is 2.28. The second-order valence-electron chi connectivity index (χ2n) is 6.06. The average Bonchev–Trinajstić information content (AvgIpc) is 3.10. The van der Waals surface area contributed by atoms with Crippen molar-refractivity contribution in [1.29, 1.82) is 0 Å². The van der Waals surface area contributed by atoms with E-state index < -0.39 is 0 Å². The molecule has 0 aliphatic carbocycles. The van der Waals surface area contributed by atoms with Crippen molar-refractivity contribution in [2.75, 3.05) is 19.6 Å². The zero-order chi connectivity index (χ0) is 17.8. The number of aromatic nitrogens is 2. The Kier molecular flexibility index (Phi) is 5.33. The molecular weight excluding hydrogens is 344 g/mol. The van der Waals surface area contributed by atoms with Gasteiger partial charge in [0.25, 0.3) is 0 Å². The molecular formula is C17H19ClN4O3. The summed E-state index contributed by atoms with van der Waals surface area (Å²) >= 11 is 6.00. The van der Waals surface area contributed by atoms with Gasteiger partial charge in [-0.15, -0.1) is 0 Å². The van der Waals surface area contributed by atoms with Crippen LogP contribution in [0.15, 0.2) is 28.8 Å². The Hall–Kier alpha value is -2.41. The Labute approximate surface area is 150 Å². The van der Waals surface area contributed by atoms with E-state index in [0.717, 1.165) is 18.4 Å². The Morgan fingerprint density at radius 2 is 2.28 bits per heavy atom. The first-order valence-electron chi connectivity index (χ1n) is 8.14. The fourth-order valence-electron chi connectivity index (χ4n) is 2.86. The third kappa shape index (κ3) is 4.36. The molecule has 1 unspecified atom stereocenters. The summed E-state index contributed by atoms with van der Waals surface area (Å²) in [5.74, 6) is 0.682. The van der Waals surface area contributed by atoms with Crippen molar-refractivity contribution < 1.29 is 14.1 Å². The first-order chi connectivity index (χ1) is 12.0. The molecule has 0 radical (unpaired) electrons. The lowest BCUT2D eigenvalue weighted by molar-refractivity contribution is -0.133. The number of rotatable bonds is 4. The van der Waals surface area contributed by atoms with E-state index in [1.54, 1.807) is 17.0 Å². The number of hydrogen-bond acceptors (Lipinski definition) is 5. The first-order valence-corrected chi connectivity index (χ1v) is 8.52. The predicted molar refractivity (Wildman–Crippen MR) is 92.0 cm³/mol. The van der Waals surface area contributed by atoms with Crippen LogP contribution in [0.5, 0.6) is 0 Å². The van der Waals surface area contributed by atoms with E-state index in [-0.39, 0.29) is 24.3 Å². The zero-order valence-electron chi connectivity index (χ0n) is 13.9. The standard InChI is InChI=1S/C17H19ClN4O3/c1-11(23)19-9-15(24)22-7-3-5-13(10-22)17-20-16(21-25-17)12-4-2-6-14(18)8-12/h2,4,6,8,13H,3,5,7,9-10H2,1H3,(H,19,23). The van der Waals surface area contributed by atoms with Crippen LogP contribution in [-0.4, -0.2) is 46.5 Å². The minimum absolute atomic E-state index is 0.00420. The van der Waals surface area contributed by atoms with Crippen LogP contribution in [0.4, 0.5) is 0 Å². The number of amides is 2. The second kappa shape index (κ2) is 7.65. The lowest BCUT2D eigenvalue weighted by Gasteiger charge is -2.31. The first kappa shape index (κ1) is 17.4. The third-order valence-corrected chi connectivity index (χ3v) is 4.37. The fraction of sp³-hybridized carbons (Fsp3) is 0.412. The van der Waals surface area contributed by atoms with Crippen LogP contribution in [0, 0.1) is 0 Å². The minimum Gasteiger partial charge on any atom is -0.347 e. The molecule has 0 saturated carbocycles. The van der Waals surface area contributed by atoms with Crippen LogP contribution in [0.1, 0.15) is 31.6 Å². The molecule has 8 heteroatoms. The molecule has 1 aliphatic heterocycles. The van der Waals surface area contributed by atoms with Gasteiger partial charge in [-0.3, -0.25) is 9.59 Å². The molecule has 132 valence electrons. The van der Waals surface area contributed by atoms with Crippen molar-refractivity contribution in [3.63, 3.8) is 0 Å². The molecule has 2 aromatic rings. The summed E-state index contributed by atoms with van der Waals surface area (Å²) in [7, 11) is 0. The summed E-state index contributed by atoms with van der Waals surface area (Å²) in [5, 5.41) is 7.17. The second-order valence-corrected chi connectivity index (χ2v) is 6.49. The number of nitrogens with zero attached hydrogens (tertiary/aromatic N) is 3. The van der Waals surface area contributed by atoms with Gasteiger partial charge in [-0.2, -0.15) is 4.98 Å². The minimum atomic E-state index is -0.218. The summed E-state index contributed by atoms with van der Waals surface area (Å²) in [6.07, 6.45) is 1.73. The number of carbonyl (C=O) groups excluding carboxylic acids is 2. The van der Waals surface area contributed by atoms with Gasteiger partial charge in [0.1, 0.15) is 0 Å². The van der Waals surface area contributed by atoms with Crippen molar-refractivity contribution >= 4 is 23.4 Å². The fourth-order valence-corrected chi connectivity index (χ4v) is 3.05. The van der Waals surface area contributed by atoms with E-state index in [4.69, 9.17) is 16.1 Å². The van der Waals surface area contributed by atoms with Crippen LogP contribution in [0.3, 0.4) is 0 Å². The lowest BCUT2D eigenvalue weighted by atomic mass is 9.98. The monoisotopic (exact) mass is 362 g/mol. The van der Waals surface area contributed by atoms with Gasteiger partial charge in [0.15, 0.2) is 0 Å². The van der Waals surface area contributed by atoms with E-state index in [1.165, 1.54) is 6.92 Å². The van der Waals surface area contributed by atoms with Crippen molar-refractivity contribution in [3.05, 3.63) is 35.2 Å². The molecule has 0 bridgehead atoms. The summed E-state index contributed by atoms with van der Waals surface area (Å²) < 4.78 is 5.41. The molecule has 1 N–H and O–H groups in total. The van der Waals surface area contributed by atoms with Crippen molar-refractivity contribution in [3.8, 4) is 11.4 Å². The summed E-state index contributed by atoms with van der Waals surface area (Å²) in [5.41, 5.74) is 0.789. The third-order valence-electron chi connectivity index (χ3n) is 4.14. The topological polar surface area (TPSA) is 88.3 Å². The highest BCUT2D eigenvalue weighted by atomic mass is 35.5. The quantitative estimate of drug-likeness (QED) is 0.901. The van der Waals surface area contributed by atoms with E-state index in [2.05, 4.69) is 15.5 Å². The van der Waals surface area contributed by atoms with Gasteiger partial charge in [0, 0.05) is 30.6 Å². The van der Waals surface area contributed by atoms with Crippen LogP contribution < -0.4 is 5.32 Å². The van der Waals surface area contributed by atoms with Crippen molar-refractivity contribution in [2.45, 2.75) is 25.7 Å². The zero-order valence-corrected chi connectivity index (χ0v) is 14.6. The number of likely N-dealkylation sites (tertiary alicyclic amines) is 1. The Bertz CT molecular complexity index is 777. The Morgan fingerprint density at radius 1 is 1.44 bits per heavy atom. The Morgan fingerprint density at radius 3 is 3.04 bits per heavy atom. The molecule has 1 aromatic heterocycles. The smallest absolute Gasteiger partial charge is 0.241 e.